The van der Waals surface area contributed by atoms with Gasteiger partial charge in [-0.2, -0.15) is 0 Å². The van der Waals surface area contributed by atoms with E-state index in [-0.39, 0.29) is 0 Å². The predicted molar refractivity (Wildman–Crippen MR) is 59.9 cm³/mol. The Morgan fingerprint density at radius 2 is 1.93 bits per heavy atom. The predicted octanol–water partition coefficient (Wildman–Crippen LogP) is 0.890. The molecule has 0 unspecified atom stereocenters. The minimum absolute atomic E-state index is 0.350. The lowest BCUT2D eigenvalue weighted by atomic mass is 9.77. The van der Waals surface area contributed by atoms with E-state index in [1.54, 1.807) is 0 Å². The van der Waals surface area contributed by atoms with E-state index < -0.39 is 11.6 Å². The average Bonchev–Trinajstić information content (AvgIpc) is 2.08. The van der Waals surface area contributed by atoms with Gasteiger partial charge >= 0.3 is 6.03 Å². The fourth-order valence-electron chi connectivity index (χ4n) is 1.92. The molecule has 5 heteroatoms. The number of urea groups is 1. The van der Waals surface area contributed by atoms with Crippen molar-refractivity contribution in [2.75, 3.05) is 0 Å². The van der Waals surface area contributed by atoms with Crippen LogP contribution in [0.5, 0.6) is 0 Å². The lowest BCUT2D eigenvalue weighted by molar-refractivity contribution is 0.224. The number of nitrogens with two attached hydrogens (primary N) is 2. The van der Waals surface area contributed by atoms with Crippen molar-refractivity contribution < 1.29 is 4.79 Å². The summed E-state index contributed by atoms with van der Waals surface area (Å²) in [6.45, 7) is 2.19. The second-order valence-electron chi connectivity index (χ2n) is 4.12. The number of amides is 2. The van der Waals surface area contributed by atoms with Crippen molar-refractivity contribution in [3.05, 3.63) is 0 Å². The van der Waals surface area contributed by atoms with Crippen molar-refractivity contribution >= 4 is 23.2 Å². The molecule has 0 atom stereocenters. The Kier molecular flexibility index (Phi) is 3.31. The zero-order valence-electron chi connectivity index (χ0n) is 8.38. The van der Waals surface area contributed by atoms with E-state index in [9.17, 15) is 4.79 Å². The van der Waals surface area contributed by atoms with Crippen LogP contribution in [0, 0.1) is 5.92 Å². The van der Waals surface area contributed by atoms with Crippen LogP contribution in [0.1, 0.15) is 32.6 Å². The normalized spacial score (nSPS) is 32.2. The van der Waals surface area contributed by atoms with E-state index in [1.165, 1.54) is 0 Å². The second-order valence-corrected chi connectivity index (χ2v) is 4.56. The molecule has 2 amide bonds. The molecular weight excluding hydrogens is 198 g/mol. The summed E-state index contributed by atoms with van der Waals surface area (Å²) < 4.78 is 0. The minimum atomic E-state index is -0.549. The van der Waals surface area contributed by atoms with Crippen molar-refractivity contribution in [3.63, 3.8) is 0 Å². The summed E-state index contributed by atoms with van der Waals surface area (Å²) in [4.78, 5) is 11.2. The molecule has 0 spiro atoms. The highest BCUT2D eigenvalue weighted by Crippen LogP contribution is 2.32. The molecule has 0 aliphatic heterocycles. The highest BCUT2D eigenvalue weighted by molar-refractivity contribution is 7.80. The number of primary amides is 1. The summed E-state index contributed by atoms with van der Waals surface area (Å²) >= 11 is 4.99. The van der Waals surface area contributed by atoms with Gasteiger partial charge in [0.05, 0.1) is 10.5 Å². The molecule has 1 fully saturated rings. The van der Waals surface area contributed by atoms with Gasteiger partial charge in [0.1, 0.15) is 0 Å². The molecule has 0 aromatic carbocycles. The highest BCUT2D eigenvalue weighted by atomic mass is 32.1. The van der Waals surface area contributed by atoms with Gasteiger partial charge in [0, 0.05) is 0 Å². The molecule has 1 saturated carbocycles. The van der Waals surface area contributed by atoms with Gasteiger partial charge in [-0.15, -0.1) is 0 Å². The van der Waals surface area contributed by atoms with Crippen LogP contribution in [0.25, 0.3) is 0 Å². The van der Waals surface area contributed by atoms with E-state index >= 15 is 0 Å². The van der Waals surface area contributed by atoms with E-state index in [0.717, 1.165) is 25.7 Å². The fourth-order valence-corrected chi connectivity index (χ4v) is 2.18. The summed E-state index contributed by atoms with van der Waals surface area (Å²) in [6, 6.07) is -0.549. The number of hydrogen-bond acceptors (Lipinski definition) is 2. The third kappa shape index (κ3) is 2.35. The summed E-state index contributed by atoms with van der Waals surface area (Å²) in [5, 5.41) is 2.69. The molecule has 1 aliphatic carbocycles. The fraction of sp³-hybridized carbons (Fsp3) is 0.778. The Morgan fingerprint density at radius 1 is 1.43 bits per heavy atom. The van der Waals surface area contributed by atoms with Crippen molar-refractivity contribution in [2.45, 2.75) is 38.1 Å². The van der Waals surface area contributed by atoms with Gasteiger partial charge < -0.3 is 16.8 Å². The number of thiocarbonyl (C=S) groups is 1. The van der Waals surface area contributed by atoms with Gasteiger partial charge in [0.25, 0.3) is 0 Å². The van der Waals surface area contributed by atoms with Crippen molar-refractivity contribution in [2.24, 2.45) is 17.4 Å². The smallest absolute Gasteiger partial charge is 0.312 e. The summed E-state index contributed by atoms with van der Waals surface area (Å²) in [5.74, 6) is 0.673. The molecule has 0 saturated heterocycles. The lowest BCUT2D eigenvalue weighted by Gasteiger charge is -2.38. The molecule has 0 radical (unpaired) electrons. The van der Waals surface area contributed by atoms with Gasteiger partial charge in [0.2, 0.25) is 0 Å². The number of hydrogen-bond donors (Lipinski definition) is 3. The van der Waals surface area contributed by atoms with Crippen LogP contribution in [0.15, 0.2) is 0 Å². The number of rotatable bonds is 2. The summed E-state index contributed by atoms with van der Waals surface area (Å²) in [5.41, 5.74) is 10.2. The van der Waals surface area contributed by atoms with E-state index in [4.69, 9.17) is 23.7 Å². The number of nitrogens with one attached hydrogen (secondary N) is 1. The third-order valence-corrected chi connectivity index (χ3v) is 3.35. The second kappa shape index (κ2) is 4.13. The quantitative estimate of drug-likeness (QED) is 0.598. The molecule has 0 heterocycles. The van der Waals surface area contributed by atoms with Gasteiger partial charge in [0.15, 0.2) is 0 Å². The SMILES string of the molecule is CC1CCC(NC(N)=O)(C(N)=S)CC1. The molecule has 4 nitrogen and oxygen atoms in total. The molecule has 14 heavy (non-hydrogen) atoms. The minimum Gasteiger partial charge on any atom is -0.391 e. The molecule has 0 bridgehead atoms. The Labute approximate surface area is 89.4 Å². The first kappa shape index (κ1) is 11.2. The van der Waals surface area contributed by atoms with Gasteiger partial charge in [-0.05, 0) is 31.6 Å². The Morgan fingerprint density at radius 3 is 2.29 bits per heavy atom. The van der Waals surface area contributed by atoms with Crippen LogP contribution < -0.4 is 16.8 Å². The molecular formula is C9H17N3OS. The standard InChI is InChI=1S/C9H17N3OS/c1-6-2-4-9(5-3-6,7(10)14)12-8(11)13/h6H,2-5H2,1H3,(H2,10,14)(H3,11,12,13). The average molecular weight is 215 g/mol. The maximum absolute atomic E-state index is 10.9. The van der Waals surface area contributed by atoms with Crippen LogP contribution in [-0.4, -0.2) is 16.6 Å². The maximum Gasteiger partial charge on any atom is 0.312 e. The lowest BCUT2D eigenvalue weighted by Crippen LogP contribution is -2.59. The number of carbonyl (C=O) groups excluding carboxylic acids is 1. The largest absolute Gasteiger partial charge is 0.391 e. The van der Waals surface area contributed by atoms with Crippen LogP contribution in [-0.2, 0) is 0 Å². The van der Waals surface area contributed by atoms with Crippen LogP contribution >= 0.6 is 12.2 Å². The summed E-state index contributed by atoms with van der Waals surface area (Å²) in [6.07, 6.45) is 3.65. The topological polar surface area (TPSA) is 81.1 Å². The van der Waals surface area contributed by atoms with Crippen molar-refractivity contribution in [3.8, 4) is 0 Å². The van der Waals surface area contributed by atoms with Crippen molar-refractivity contribution in [1.29, 1.82) is 0 Å². The van der Waals surface area contributed by atoms with Crippen LogP contribution in [0.2, 0.25) is 0 Å². The Balaban J connectivity index is 2.73. The molecule has 80 valence electrons. The molecule has 0 aromatic heterocycles. The zero-order valence-corrected chi connectivity index (χ0v) is 9.19. The van der Waals surface area contributed by atoms with Gasteiger partial charge in [-0.25, -0.2) is 4.79 Å². The zero-order chi connectivity index (χ0) is 10.8. The third-order valence-electron chi connectivity index (χ3n) is 2.96. The molecule has 1 aliphatic rings. The van der Waals surface area contributed by atoms with Gasteiger partial charge in [-0.1, -0.05) is 19.1 Å². The molecule has 0 aromatic rings. The molecule has 1 rings (SSSR count). The first-order chi connectivity index (χ1) is 6.46. The highest BCUT2D eigenvalue weighted by Gasteiger charge is 2.37. The van der Waals surface area contributed by atoms with Crippen LogP contribution in [0.4, 0.5) is 4.79 Å². The summed E-state index contributed by atoms with van der Waals surface area (Å²) in [7, 11) is 0. The van der Waals surface area contributed by atoms with Crippen LogP contribution in [0.3, 0.4) is 0 Å². The maximum atomic E-state index is 10.9. The molecule has 5 N–H and O–H groups in total. The van der Waals surface area contributed by atoms with E-state index in [2.05, 4.69) is 12.2 Å². The first-order valence-corrected chi connectivity index (χ1v) is 5.24. The Hall–Kier alpha value is -0.840. The van der Waals surface area contributed by atoms with E-state index in [0.29, 0.717) is 10.9 Å². The van der Waals surface area contributed by atoms with Gasteiger partial charge in [-0.3, -0.25) is 0 Å². The Bertz CT molecular complexity index is 246. The van der Waals surface area contributed by atoms with E-state index in [1.807, 2.05) is 0 Å². The van der Waals surface area contributed by atoms with Crippen molar-refractivity contribution in [1.82, 2.24) is 5.32 Å². The monoisotopic (exact) mass is 215 g/mol. The first-order valence-electron chi connectivity index (χ1n) is 4.84. The number of carbonyl (C=O) groups is 1.